The van der Waals surface area contributed by atoms with E-state index < -0.39 is 6.10 Å². The number of piperidine rings is 1. The topological polar surface area (TPSA) is 91.3 Å². The number of aliphatic hydroxyl groups excluding tert-OH is 1. The lowest BCUT2D eigenvalue weighted by atomic mass is 9.94. The van der Waals surface area contributed by atoms with Crippen molar-refractivity contribution in [3.05, 3.63) is 29.3 Å². The van der Waals surface area contributed by atoms with Crippen molar-refractivity contribution in [1.29, 1.82) is 0 Å². The van der Waals surface area contributed by atoms with Gasteiger partial charge in [0.2, 0.25) is 5.91 Å². The Hall–Kier alpha value is -1.87. The largest absolute Gasteiger partial charge is 0.389 e. The Labute approximate surface area is 193 Å². The fraction of sp³-hybridized carbons (Fsp3) is 0.652. The van der Waals surface area contributed by atoms with E-state index in [0.717, 1.165) is 25.9 Å². The van der Waals surface area contributed by atoms with Crippen LogP contribution >= 0.6 is 11.6 Å². The zero-order chi connectivity index (χ0) is 22.5. The minimum atomic E-state index is -0.773. The molecule has 32 heavy (non-hydrogen) atoms. The van der Waals surface area contributed by atoms with Crippen LogP contribution in [-0.4, -0.2) is 84.0 Å². The van der Waals surface area contributed by atoms with Gasteiger partial charge in [-0.15, -0.1) is 0 Å². The number of hydrogen-bond donors (Lipinski definition) is 2. The number of amides is 3. The first-order valence-corrected chi connectivity index (χ1v) is 11.9. The maximum absolute atomic E-state index is 13.1. The molecule has 0 aliphatic carbocycles. The highest BCUT2D eigenvalue weighted by atomic mass is 35.5. The summed E-state index contributed by atoms with van der Waals surface area (Å²) in [6, 6.07) is 6.36. The van der Waals surface area contributed by atoms with Gasteiger partial charge >= 0.3 is 6.03 Å². The van der Waals surface area contributed by atoms with E-state index in [1.54, 1.807) is 29.2 Å². The molecule has 3 heterocycles. The minimum absolute atomic E-state index is 0.134. The first kappa shape index (κ1) is 23.3. The number of rotatable bonds is 3. The second-order valence-electron chi connectivity index (χ2n) is 8.87. The van der Waals surface area contributed by atoms with Crippen molar-refractivity contribution >= 4 is 29.2 Å². The molecule has 3 fully saturated rings. The Balaban J connectivity index is 1.40. The molecule has 9 heteroatoms. The first-order valence-electron chi connectivity index (χ1n) is 11.5. The van der Waals surface area contributed by atoms with Crippen molar-refractivity contribution in [2.45, 2.75) is 62.9 Å². The van der Waals surface area contributed by atoms with Crippen LogP contribution in [0.3, 0.4) is 0 Å². The molecule has 1 aromatic carbocycles. The minimum Gasteiger partial charge on any atom is -0.389 e. The van der Waals surface area contributed by atoms with Gasteiger partial charge in [-0.1, -0.05) is 11.6 Å². The third-order valence-corrected chi connectivity index (χ3v) is 6.70. The van der Waals surface area contributed by atoms with Crippen LogP contribution < -0.4 is 5.32 Å². The van der Waals surface area contributed by atoms with Crippen molar-refractivity contribution in [2.24, 2.45) is 0 Å². The van der Waals surface area contributed by atoms with Gasteiger partial charge in [-0.2, -0.15) is 0 Å². The number of nitrogens with zero attached hydrogens (tertiary/aromatic N) is 2. The molecule has 0 bridgehead atoms. The van der Waals surface area contributed by atoms with Crippen LogP contribution in [0.5, 0.6) is 0 Å². The number of nitrogens with one attached hydrogen (secondary N) is 1. The number of ether oxygens (including phenoxy) is 2. The lowest BCUT2D eigenvalue weighted by Gasteiger charge is -2.44. The third-order valence-electron chi connectivity index (χ3n) is 6.45. The highest BCUT2D eigenvalue weighted by molar-refractivity contribution is 6.30. The number of likely N-dealkylation sites (tertiary alicyclic amines) is 1. The monoisotopic (exact) mass is 465 g/mol. The summed E-state index contributed by atoms with van der Waals surface area (Å²) in [7, 11) is 0. The SMILES string of the molecule is O=C(C[C@@H]1CC[C@H]2[C@@H](COC[C@H](O)CN2C(=O)Nc2ccc(Cl)cc2)O1)N1CCCCC1. The molecule has 4 atom stereocenters. The maximum Gasteiger partial charge on any atom is 0.322 e. The number of fused-ring (bicyclic) bond motifs is 1. The Morgan fingerprint density at radius 1 is 1.09 bits per heavy atom. The van der Waals surface area contributed by atoms with Crippen LogP contribution in [0.15, 0.2) is 24.3 Å². The summed E-state index contributed by atoms with van der Waals surface area (Å²) in [5.41, 5.74) is 0.630. The number of carbonyl (C=O) groups is 2. The zero-order valence-electron chi connectivity index (χ0n) is 18.2. The number of hydrogen-bond acceptors (Lipinski definition) is 5. The molecule has 1 aromatic rings. The second-order valence-corrected chi connectivity index (χ2v) is 9.30. The molecule has 3 amide bonds. The predicted octanol–water partition coefficient (Wildman–Crippen LogP) is 2.88. The molecule has 0 saturated carbocycles. The van der Waals surface area contributed by atoms with Gasteiger partial charge in [-0.25, -0.2) is 4.79 Å². The molecule has 176 valence electrons. The Morgan fingerprint density at radius 3 is 2.59 bits per heavy atom. The Morgan fingerprint density at radius 2 is 1.84 bits per heavy atom. The molecule has 3 aliphatic rings. The van der Waals surface area contributed by atoms with E-state index in [4.69, 9.17) is 21.1 Å². The van der Waals surface area contributed by atoms with Crippen LogP contribution in [0.2, 0.25) is 5.02 Å². The summed E-state index contributed by atoms with van der Waals surface area (Å²) in [6.07, 6.45) is 3.75. The molecule has 0 radical (unpaired) electrons. The lowest BCUT2D eigenvalue weighted by molar-refractivity contribution is -0.154. The number of halogens is 1. The summed E-state index contributed by atoms with van der Waals surface area (Å²) < 4.78 is 11.9. The number of β-amino-alcohol motifs (C(OH)–C–C–N with tert-alkyl or cyclic N) is 1. The molecule has 2 N–H and O–H groups in total. The molecular formula is C23H32ClN3O5. The zero-order valence-corrected chi connectivity index (χ0v) is 19.0. The highest BCUT2D eigenvalue weighted by Gasteiger charge is 2.40. The molecule has 8 nitrogen and oxygen atoms in total. The molecule has 3 saturated heterocycles. The van der Waals surface area contributed by atoms with Crippen LogP contribution in [0.25, 0.3) is 0 Å². The van der Waals surface area contributed by atoms with Crippen LogP contribution in [0.1, 0.15) is 38.5 Å². The van der Waals surface area contributed by atoms with Crippen molar-refractivity contribution in [3.8, 4) is 0 Å². The smallest absolute Gasteiger partial charge is 0.322 e. The van der Waals surface area contributed by atoms with E-state index in [-0.39, 0.29) is 49.9 Å². The molecule has 0 unspecified atom stereocenters. The standard InChI is InChI=1S/C23H32ClN3O5/c24-16-4-6-17(7-5-16)25-23(30)27-13-18(28)14-31-15-21-20(27)9-8-19(32-21)12-22(29)26-10-2-1-3-11-26/h4-7,18-21,28H,1-3,8-15H2,(H,25,30)/t18-,19+,20+,21-/m1/s1. The molecular weight excluding hydrogens is 434 g/mol. The number of anilines is 1. The predicted molar refractivity (Wildman–Crippen MR) is 121 cm³/mol. The van der Waals surface area contributed by atoms with Crippen molar-refractivity contribution in [3.63, 3.8) is 0 Å². The Kier molecular flexibility index (Phi) is 7.88. The van der Waals surface area contributed by atoms with Gasteiger partial charge in [0.05, 0.1) is 44.4 Å². The third kappa shape index (κ3) is 5.92. The summed E-state index contributed by atoms with van der Waals surface area (Å²) in [4.78, 5) is 29.4. The summed E-state index contributed by atoms with van der Waals surface area (Å²) >= 11 is 5.93. The van der Waals surface area contributed by atoms with Crippen molar-refractivity contribution in [1.82, 2.24) is 9.80 Å². The first-order chi connectivity index (χ1) is 15.5. The van der Waals surface area contributed by atoms with Gasteiger partial charge in [-0.05, 0) is 56.4 Å². The lowest BCUT2D eigenvalue weighted by Crippen LogP contribution is -2.58. The van der Waals surface area contributed by atoms with Gasteiger partial charge < -0.3 is 29.7 Å². The molecule has 0 aromatic heterocycles. The van der Waals surface area contributed by atoms with Gasteiger partial charge in [0.25, 0.3) is 0 Å². The van der Waals surface area contributed by atoms with Gasteiger partial charge in [-0.3, -0.25) is 4.79 Å². The average molecular weight is 466 g/mol. The van der Waals surface area contributed by atoms with Crippen LogP contribution in [0.4, 0.5) is 10.5 Å². The maximum atomic E-state index is 13.1. The Bertz CT molecular complexity index is 786. The van der Waals surface area contributed by atoms with Crippen molar-refractivity contribution in [2.75, 3.05) is 38.2 Å². The molecule has 0 spiro atoms. The van der Waals surface area contributed by atoms with Crippen LogP contribution in [-0.2, 0) is 14.3 Å². The van der Waals surface area contributed by atoms with E-state index in [9.17, 15) is 14.7 Å². The number of aliphatic hydroxyl groups is 1. The fourth-order valence-corrected chi connectivity index (χ4v) is 4.90. The van der Waals surface area contributed by atoms with Gasteiger partial charge in [0.1, 0.15) is 6.10 Å². The summed E-state index contributed by atoms with van der Waals surface area (Å²) in [5.74, 6) is 0.146. The van der Waals surface area contributed by atoms with Crippen molar-refractivity contribution < 1.29 is 24.2 Å². The number of urea groups is 1. The van der Waals surface area contributed by atoms with E-state index in [0.29, 0.717) is 30.0 Å². The van der Waals surface area contributed by atoms with E-state index in [1.165, 1.54) is 6.42 Å². The average Bonchev–Trinajstić information content (AvgIpc) is 2.79. The van der Waals surface area contributed by atoms with E-state index in [1.807, 2.05) is 4.90 Å². The molecule has 3 aliphatic heterocycles. The number of carbonyl (C=O) groups excluding carboxylic acids is 2. The summed E-state index contributed by atoms with van der Waals surface area (Å²) in [6.45, 7) is 2.23. The molecule has 4 rings (SSSR count). The normalized spacial score (nSPS) is 28.9. The van der Waals surface area contributed by atoms with E-state index >= 15 is 0 Å². The van der Waals surface area contributed by atoms with Gasteiger partial charge in [0, 0.05) is 23.8 Å². The quantitative estimate of drug-likeness (QED) is 0.716. The highest BCUT2D eigenvalue weighted by Crippen LogP contribution is 2.29. The van der Waals surface area contributed by atoms with Crippen LogP contribution in [0, 0.1) is 0 Å². The fourth-order valence-electron chi connectivity index (χ4n) is 4.77. The summed E-state index contributed by atoms with van der Waals surface area (Å²) in [5, 5.41) is 13.8. The number of benzene rings is 1. The second kappa shape index (κ2) is 10.8. The van der Waals surface area contributed by atoms with E-state index in [2.05, 4.69) is 5.32 Å². The van der Waals surface area contributed by atoms with Gasteiger partial charge in [0.15, 0.2) is 0 Å².